The molecule has 0 bridgehead atoms. The molecule has 6 nitrogen and oxygen atoms in total. The average molecular weight is 264 g/mol. The predicted octanol–water partition coefficient (Wildman–Crippen LogP) is 0.926. The van der Waals surface area contributed by atoms with Gasteiger partial charge in [-0.25, -0.2) is 0 Å². The molecule has 0 radical (unpaired) electrons. The normalized spacial score (nSPS) is 8.89. The molecule has 0 fully saturated rings. The number of rotatable bonds is 3. The van der Waals surface area contributed by atoms with Crippen molar-refractivity contribution in [3.05, 3.63) is 24.3 Å². The molecule has 1 aromatic carbocycles. The highest BCUT2D eigenvalue weighted by atomic mass is 32.1. The van der Waals surface area contributed by atoms with E-state index in [2.05, 4.69) is 16.2 Å². The molecule has 7 heteroatoms. The number of carbonyl (C=O) groups excluding carboxylic acids is 1. The third-order valence-corrected chi connectivity index (χ3v) is 2.09. The minimum Gasteiger partial charge on any atom is -0.497 e. The van der Waals surface area contributed by atoms with Crippen molar-refractivity contribution in [1.82, 2.24) is 10.9 Å². The lowest BCUT2D eigenvalue weighted by atomic mass is 10.3. The van der Waals surface area contributed by atoms with E-state index in [0.29, 0.717) is 5.75 Å². The number of amides is 1. The number of nitrogens with zero attached hydrogens (tertiary/aromatic N) is 1. The number of hydrogen-bond acceptors (Lipinski definition) is 4. The van der Waals surface area contributed by atoms with E-state index in [1.54, 1.807) is 37.4 Å². The molecule has 0 saturated carbocycles. The number of benzene rings is 1. The van der Waals surface area contributed by atoms with E-state index in [0.717, 1.165) is 5.69 Å². The molecule has 0 heterocycles. The van der Waals surface area contributed by atoms with Crippen LogP contribution in [0.1, 0.15) is 6.42 Å². The smallest absolute Gasteiger partial charge is 0.252 e. The summed E-state index contributed by atoms with van der Waals surface area (Å²) in [7, 11) is 1.57. The van der Waals surface area contributed by atoms with Gasteiger partial charge < -0.3 is 10.1 Å². The molecule has 0 spiro atoms. The molecule has 1 aromatic rings. The van der Waals surface area contributed by atoms with Gasteiger partial charge in [-0.05, 0) is 24.4 Å². The summed E-state index contributed by atoms with van der Waals surface area (Å²) in [5.74, 6) is 0.239. The monoisotopic (exact) mass is 264 g/mol. The number of thiocarbonyl (C=S) groups is 1. The van der Waals surface area contributed by atoms with Crippen molar-refractivity contribution < 1.29 is 9.53 Å². The van der Waals surface area contributed by atoms with E-state index >= 15 is 0 Å². The Morgan fingerprint density at radius 3 is 2.94 bits per heavy atom. The highest BCUT2D eigenvalue weighted by Crippen LogP contribution is 2.16. The minimum absolute atomic E-state index is 0.217. The molecule has 94 valence electrons. The maximum Gasteiger partial charge on any atom is 0.252 e. The van der Waals surface area contributed by atoms with E-state index in [9.17, 15) is 4.79 Å². The zero-order chi connectivity index (χ0) is 13.4. The van der Waals surface area contributed by atoms with E-state index < -0.39 is 5.91 Å². The summed E-state index contributed by atoms with van der Waals surface area (Å²) < 4.78 is 5.06. The Labute approximate surface area is 110 Å². The second-order valence-corrected chi connectivity index (χ2v) is 3.60. The fraction of sp³-hybridized carbons (Fsp3) is 0.182. The van der Waals surface area contributed by atoms with Gasteiger partial charge in [0.25, 0.3) is 5.91 Å². The number of carbonyl (C=O) groups is 1. The summed E-state index contributed by atoms with van der Waals surface area (Å²) >= 11 is 4.96. The van der Waals surface area contributed by atoms with Crippen LogP contribution in [0.4, 0.5) is 5.69 Å². The van der Waals surface area contributed by atoms with Gasteiger partial charge in [-0.2, -0.15) is 5.26 Å². The molecule has 0 aliphatic heterocycles. The third-order valence-electron chi connectivity index (χ3n) is 1.88. The maximum atomic E-state index is 11.0. The van der Waals surface area contributed by atoms with Gasteiger partial charge in [0.15, 0.2) is 5.11 Å². The average Bonchev–Trinajstić information content (AvgIpc) is 2.37. The molecule has 0 atom stereocenters. The largest absolute Gasteiger partial charge is 0.497 e. The number of hydrogen-bond donors (Lipinski definition) is 3. The van der Waals surface area contributed by atoms with Gasteiger partial charge in [-0.3, -0.25) is 15.6 Å². The van der Waals surface area contributed by atoms with E-state index in [1.807, 2.05) is 0 Å². The van der Waals surface area contributed by atoms with E-state index in [-0.39, 0.29) is 11.5 Å². The van der Waals surface area contributed by atoms with Crippen molar-refractivity contribution >= 4 is 28.9 Å². The molecule has 0 aromatic heterocycles. The zero-order valence-electron chi connectivity index (χ0n) is 9.69. The molecule has 0 aliphatic carbocycles. The minimum atomic E-state index is -0.452. The van der Waals surface area contributed by atoms with Gasteiger partial charge in [0, 0.05) is 11.8 Å². The molecule has 0 aliphatic rings. The standard InChI is InChI=1S/C11H12N4O2S/c1-17-9-4-2-3-8(7-9)13-11(18)15-14-10(16)5-6-12/h2-4,7H,5H2,1H3,(H,14,16)(H2,13,15,18). The summed E-state index contributed by atoms with van der Waals surface area (Å²) in [6.45, 7) is 0. The Morgan fingerprint density at radius 1 is 1.50 bits per heavy atom. The summed E-state index contributed by atoms with van der Waals surface area (Å²) in [5.41, 5.74) is 5.49. The highest BCUT2D eigenvalue weighted by Gasteiger charge is 2.01. The van der Waals surface area contributed by atoms with Crippen LogP contribution in [0.5, 0.6) is 5.75 Å². The lowest BCUT2D eigenvalue weighted by molar-refractivity contribution is -0.120. The molecular formula is C11H12N4O2S. The topological polar surface area (TPSA) is 86.2 Å². The number of hydrazine groups is 1. The first-order valence-corrected chi connectivity index (χ1v) is 5.43. The van der Waals surface area contributed by atoms with Crippen LogP contribution in [0.25, 0.3) is 0 Å². The first kappa shape index (κ1) is 13.7. The van der Waals surface area contributed by atoms with Gasteiger partial charge in [-0.1, -0.05) is 6.07 Å². The first-order chi connectivity index (χ1) is 8.65. The molecule has 1 rings (SSSR count). The van der Waals surface area contributed by atoms with Crippen molar-refractivity contribution in [2.75, 3.05) is 12.4 Å². The van der Waals surface area contributed by atoms with E-state index in [4.69, 9.17) is 22.2 Å². The van der Waals surface area contributed by atoms with Crippen LogP contribution >= 0.6 is 12.2 Å². The van der Waals surface area contributed by atoms with Crippen molar-refractivity contribution in [2.24, 2.45) is 0 Å². The fourth-order valence-electron chi connectivity index (χ4n) is 1.11. The van der Waals surface area contributed by atoms with Crippen molar-refractivity contribution in [1.29, 1.82) is 5.26 Å². The SMILES string of the molecule is COc1cccc(NC(=S)NNC(=O)CC#N)c1. The summed E-state index contributed by atoms with van der Waals surface area (Å²) in [6.07, 6.45) is -0.227. The quantitative estimate of drug-likeness (QED) is 0.556. The molecule has 3 N–H and O–H groups in total. The number of nitriles is 1. The van der Waals surface area contributed by atoms with Gasteiger partial charge in [0.05, 0.1) is 13.2 Å². The maximum absolute atomic E-state index is 11.0. The van der Waals surface area contributed by atoms with Crippen LogP contribution in [-0.2, 0) is 4.79 Å². The Bertz CT molecular complexity index is 484. The zero-order valence-corrected chi connectivity index (χ0v) is 10.5. The summed E-state index contributed by atoms with van der Waals surface area (Å²) in [6, 6.07) is 8.88. The van der Waals surface area contributed by atoms with Crippen LogP contribution < -0.4 is 20.9 Å². The molecule has 0 unspecified atom stereocenters. The molecule has 0 saturated heterocycles. The van der Waals surface area contributed by atoms with Crippen molar-refractivity contribution in [3.63, 3.8) is 0 Å². The summed E-state index contributed by atoms with van der Waals surface area (Å²) in [4.78, 5) is 11.0. The van der Waals surface area contributed by atoms with Crippen LogP contribution in [0, 0.1) is 11.3 Å². The van der Waals surface area contributed by atoms with Crippen LogP contribution in [0.15, 0.2) is 24.3 Å². The Morgan fingerprint density at radius 2 is 2.28 bits per heavy atom. The lowest BCUT2D eigenvalue weighted by Crippen LogP contribution is -2.43. The van der Waals surface area contributed by atoms with Gasteiger partial charge >= 0.3 is 0 Å². The van der Waals surface area contributed by atoms with Crippen LogP contribution in [-0.4, -0.2) is 18.1 Å². The third kappa shape index (κ3) is 4.67. The summed E-state index contributed by atoms with van der Waals surface area (Å²) in [5, 5.41) is 11.4. The van der Waals surface area contributed by atoms with Crippen LogP contribution in [0.3, 0.4) is 0 Å². The van der Waals surface area contributed by atoms with Crippen molar-refractivity contribution in [2.45, 2.75) is 6.42 Å². The predicted molar refractivity (Wildman–Crippen MR) is 70.7 cm³/mol. The molecule has 18 heavy (non-hydrogen) atoms. The second-order valence-electron chi connectivity index (χ2n) is 3.19. The molecular weight excluding hydrogens is 252 g/mol. The Kier molecular flexibility index (Phi) is 5.41. The Hall–Kier alpha value is -2.33. The second kappa shape index (κ2) is 7.09. The van der Waals surface area contributed by atoms with Gasteiger partial charge in [0.2, 0.25) is 0 Å². The van der Waals surface area contributed by atoms with Crippen molar-refractivity contribution in [3.8, 4) is 11.8 Å². The fourth-order valence-corrected chi connectivity index (χ4v) is 1.27. The van der Waals surface area contributed by atoms with E-state index in [1.165, 1.54) is 0 Å². The first-order valence-electron chi connectivity index (χ1n) is 5.02. The molecule has 1 amide bonds. The van der Waals surface area contributed by atoms with Gasteiger partial charge in [0.1, 0.15) is 12.2 Å². The number of ether oxygens (including phenoxy) is 1. The Balaban J connectivity index is 2.44. The number of nitrogens with one attached hydrogen (secondary N) is 3. The van der Waals surface area contributed by atoms with Crippen LogP contribution in [0.2, 0.25) is 0 Å². The lowest BCUT2D eigenvalue weighted by Gasteiger charge is -2.11. The van der Waals surface area contributed by atoms with Gasteiger partial charge in [-0.15, -0.1) is 0 Å². The number of anilines is 1. The number of methoxy groups -OCH3 is 1. The highest BCUT2D eigenvalue weighted by molar-refractivity contribution is 7.80.